The van der Waals surface area contributed by atoms with Crippen LogP contribution in [0.5, 0.6) is 0 Å². The van der Waals surface area contributed by atoms with Crippen LogP contribution in [0.15, 0.2) is 0 Å². The number of terminal acetylenes is 1. The van der Waals surface area contributed by atoms with Crippen LogP contribution in [0.4, 0.5) is 4.39 Å². The van der Waals surface area contributed by atoms with E-state index < -0.39 is 12.3 Å². The molecule has 0 radical (unpaired) electrons. The fourth-order valence-corrected chi connectivity index (χ4v) is 1.53. The fraction of sp³-hybridized carbons (Fsp3) is 0.667. The molecule has 0 aromatic carbocycles. The summed E-state index contributed by atoms with van der Waals surface area (Å²) in [5, 5.41) is 8.91. The summed E-state index contributed by atoms with van der Waals surface area (Å²) in [7, 11) is 0. The minimum atomic E-state index is -1.02. The van der Waals surface area contributed by atoms with E-state index in [4.69, 9.17) is 16.3 Å². The predicted octanol–water partition coefficient (Wildman–Crippen LogP) is 1.28. The first kappa shape index (κ1) is 12.0. The predicted molar refractivity (Wildman–Crippen MR) is 55.7 cm³/mol. The van der Waals surface area contributed by atoms with Crippen LogP contribution in [-0.4, -0.2) is 30.1 Å². The second-order valence-electron chi connectivity index (χ2n) is 3.58. The van der Waals surface area contributed by atoms with Gasteiger partial charge >= 0.3 is 0 Å². The molecule has 2 nitrogen and oxygen atoms in total. The quantitative estimate of drug-likeness (QED) is 0.696. The normalized spacial score (nSPS) is 27.3. The van der Waals surface area contributed by atoms with E-state index in [2.05, 4.69) is 17.8 Å². The van der Waals surface area contributed by atoms with Gasteiger partial charge in [-0.3, -0.25) is 0 Å². The van der Waals surface area contributed by atoms with Crippen molar-refractivity contribution in [2.75, 3.05) is 6.61 Å². The molecule has 15 heavy (non-hydrogen) atoms. The summed E-state index contributed by atoms with van der Waals surface area (Å²) in [6, 6.07) is 0. The van der Waals surface area contributed by atoms with Crippen LogP contribution in [0.25, 0.3) is 0 Å². The Labute approximate surface area is 89.8 Å². The maximum Gasteiger partial charge on any atom is 0.176 e. The Kier molecular flexibility index (Phi) is 5.18. The Morgan fingerprint density at radius 1 is 1.40 bits per heavy atom. The van der Waals surface area contributed by atoms with Crippen LogP contribution in [-0.2, 0) is 4.74 Å². The molecule has 0 bridgehead atoms. The number of ether oxygens (including phenoxy) is 1. The van der Waals surface area contributed by atoms with Gasteiger partial charge in [0.1, 0.15) is 12.8 Å². The molecule has 0 aliphatic heterocycles. The molecule has 1 rings (SSSR count). The van der Waals surface area contributed by atoms with Gasteiger partial charge in [-0.2, -0.15) is 0 Å². The van der Waals surface area contributed by atoms with E-state index in [0.29, 0.717) is 12.8 Å². The van der Waals surface area contributed by atoms with Crippen molar-refractivity contribution in [3.05, 3.63) is 0 Å². The standard InChI is InChI=1S/C12H15FO2/c1-2-11(14)4-3-9-15-12-7-5-10(13)6-8-12/h1,10-12,14H,5-9H2. The number of aliphatic hydroxyl groups is 1. The van der Waals surface area contributed by atoms with Crippen molar-refractivity contribution < 1.29 is 14.2 Å². The van der Waals surface area contributed by atoms with E-state index in [0.717, 1.165) is 12.8 Å². The summed E-state index contributed by atoms with van der Waals surface area (Å²) >= 11 is 0. The van der Waals surface area contributed by atoms with Crippen molar-refractivity contribution in [2.24, 2.45) is 0 Å². The largest absolute Gasteiger partial charge is 0.369 e. The van der Waals surface area contributed by atoms with Gasteiger partial charge in [0.25, 0.3) is 0 Å². The van der Waals surface area contributed by atoms with Crippen molar-refractivity contribution in [2.45, 2.75) is 44.1 Å². The minimum absolute atomic E-state index is 0.106. The maximum absolute atomic E-state index is 12.8. The first-order chi connectivity index (χ1) is 7.22. The van der Waals surface area contributed by atoms with Crippen LogP contribution in [0.1, 0.15) is 25.7 Å². The smallest absolute Gasteiger partial charge is 0.176 e. The average molecular weight is 210 g/mol. The zero-order valence-corrected chi connectivity index (χ0v) is 8.58. The molecular formula is C12H15FO2. The molecule has 1 aliphatic carbocycles. The van der Waals surface area contributed by atoms with Gasteiger partial charge in [-0.1, -0.05) is 17.8 Å². The van der Waals surface area contributed by atoms with E-state index in [1.165, 1.54) is 0 Å². The molecule has 1 unspecified atom stereocenters. The number of hydrogen-bond acceptors (Lipinski definition) is 2. The van der Waals surface area contributed by atoms with Gasteiger partial charge in [-0.25, -0.2) is 4.39 Å². The van der Waals surface area contributed by atoms with E-state index in [-0.39, 0.29) is 12.7 Å². The molecule has 0 heterocycles. The highest BCUT2D eigenvalue weighted by molar-refractivity contribution is 5.16. The average Bonchev–Trinajstić information content (AvgIpc) is 2.26. The van der Waals surface area contributed by atoms with Gasteiger partial charge in [0.15, 0.2) is 6.10 Å². The lowest BCUT2D eigenvalue weighted by molar-refractivity contribution is 0.0311. The van der Waals surface area contributed by atoms with Crippen molar-refractivity contribution in [1.82, 2.24) is 0 Å². The fourth-order valence-electron chi connectivity index (χ4n) is 1.53. The lowest BCUT2D eigenvalue weighted by Gasteiger charge is -2.23. The monoisotopic (exact) mass is 210 g/mol. The van der Waals surface area contributed by atoms with Crippen molar-refractivity contribution in [3.8, 4) is 24.2 Å². The lowest BCUT2D eigenvalue weighted by Crippen LogP contribution is -2.22. The van der Waals surface area contributed by atoms with Crippen LogP contribution in [0.2, 0.25) is 0 Å². The second kappa shape index (κ2) is 6.45. The molecule has 1 fully saturated rings. The molecule has 1 saturated carbocycles. The second-order valence-corrected chi connectivity index (χ2v) is 3.58. The van der Waals surface area contributed by atoms with Crippen LogP contribution in [0.3, 0.4) is 0 Å². The van der Waals surface area contributed by atoms with Gasteiger partial charge in [-0.15, -0.1) is 6.42 Å². The Balaban J connectivity index is 2.15. The third kappa shape index (κ3) is 4.83. The van der Waals surface area contributed by atoms with Crippen molar-refractivity contribution >= 4 is 0 Å². The minimum Gasteiger partial charge on any atom is -0.369 e. The van der Waals surface area contributed by atoms with Crippen LogP contribution >= 0.6 is 0 Å². The molecule has 0 saturated heterocycles. The molecule has 0 aromatic heterocycles. The zero-order chi connectivity index (χ0) is 11.1. The van der Waals surface area contributed by atoms with Crippen LogP contribution < -0.4 is 0 Å². The Hall–Kier alpha value is -1.03. The van der Waals surface area contributed by atoms with E-state index in [9.17, 15) is 4.39 Å². The topological polar surface area (TPSA) is 29.5 Å². The first-order valence-corrected chi connectivity index (χ1v) is 5.10. The van der Waals surface area contributed by atoms with Gasteiger partial charge in [-0.05, 0) is 25.7 Å². The Bertz CT molecular complexity index is 276. The van der Waals surface area contributed by atoms with Gasteiger partial charge in [0.05, 0.1) is 6.10 Å². The highest BCUT2D eigenvalue weighted by atomic mass is 19.1. The molecule has 0 aromatic rings. The van der Waals surface area contributed by atoms with Gasteiger partial charge < -0.3 is 9.84 Å². The summed E-state index contributed by atoms with van der Waals surface area (Å²) in [5.74, 6) is 7.17. The number of aliphatic hydroxyl groups excluding tert-OH is 1. The molecule has 0 spiro atoms. The molecule has 82 valence electrons. The molecule has 3 heteroatoms. The number of halogens is 1. The molecule has 0 amide bonds. The molecular weight excluding hydrogens is 195 g/mol. The molecule has 1 N–H and O–H groups in total. The number of alkyl halides is 1. The summed E-state index contributed by atoms with van der Waals surface area (Å²) in [4.78, 5) is 0. The summed E-state index contributed by atoms with van der Waals surface area (Å²) in [6.07, 6.45) is 6.00. The molecule has 1 aliphatic rings. The third-order valence-electron chi connectivity index (χ3n) is 2.39. The van der Waals surface area contributed by atoms with Gasteiger partial charge in [0, 0.05) is 0 Å². The van der Waals surface area contributed by atoms with Crippen LogP contribution in [0, 0.1) is 24.2 Å². The Morgan fingerprint density at radius 2 is 2.07 bits per heavy atom. The first-order valence-electron chi connectivity index (χ1n) is 5.10. The number of hydrogen-bond donors (Lipinski definition) is 1. The molecule has 1 atom stereocenters. The van der Waals surface area contributed by atoms with Crippen molar-refractivity contribution in [3.63, 3.8) is 0 Å². The highest BCUT2D eigenvalue weighted by Gasteiger charge is 2.20. The third-order valence-corrected chi connectivity index (χ3v) is 2.39. The van der Waals surface area contributed by atoms with Crippen molar-refractivity contribution in [1.29, 1.82) is 0 Å². The number of rotatable bonds is 2. The highest BCUT2D eigenvalue weighted by Crippen LogP contribution is 2.22. The van der Waals surface area contributed by atoms with E-state index in [1.807, 2.05) is 0 Å². The van der Waals surface area contributed by atoms with E-state index >= 15 is 0 Å². The summed E-state index contributed by atoms with van der Waals surface area (Å²) in [5.41, 5.74) is 0. The zero-order valence-electron chi connectivity index (χ0n) is 8.58. The Morgan fingerprint density at radius 3 is 2.67 bits per heavy atom. The SMILES string of the molecule is C#CC(O)C#CCOC1CCC(F)CC1. The lowest BCUT2D eigenvalue weighted by atomic mass is 9.96. The summed E-state index contributed by atoms with van der Waals surface area (Å²) in [6.45, 7) is 0.250. The maximum atomic E-state index is 12.8. The van der Waals surface area contributed by atoms with E-state index in [1.54, 1.807) is 0 Å². The van der Waals surface area contributed by atoms with Gasteiger partial charge in [0.2, 0.25) is 0 Å². The summed E-state index contributed by atoms with van der Waals surface area (Å²) < 4.78 is 18.2.